The monoisotopic (exact) mass is 235 g/mol. The molecule has 0 aliphatic heterocycles. The van der Waals surface area contributed by atoms with Gasteiger partial charge in [0.25, 0.3) is 0 Å². The van der Waals surface area contributed by atoms with E-state index in [0.29, 0.717) is 18.0 Å². The number of nitrogens with one attached hydrogen (secondary N) is 1. The molecule has 16 heavy (non-hydrogen) atoms. The Morgan fingerprint density at radius 1 is 1.25 bits per heavy atom. The molecule has 0 saturated carbocycles. The largest absolute Gasteiger partial charge is 0.326 e. The summed E-state index contributed by atoms with van der Waals surface area (Å²) in [6, 6.07) is 5.40. The summed E-state index contributed by atoms with van der Waals surface area (Å²) in [5.41, 5.74) is 2.27. The van der Waals surface area contributed by atoms with Crippen molar-refractivity contribution >= 4 is 34.2 Å². The first-order valence-corrected chi connectivity index (χ1v) is 5.39. The number of amides is 1. The van der Waals surface area contributed by atoms with Crippen LogP contribution >= 0.6 is 11.6 Å². The highest BCUT2D eigenvalue weighted by Crippen LogP contribution is 2.15. The highest BCUT2D eigenvalue weighted by atomic mass is 35.5. The SMILES string of the molecule is O=C(CCCl)Nc1ccc2nccnc2c1. The molecule has 0 bridgehead atoms. The molecule has 1 aromatic carbocycles. The number of benzene rings is 1. The summed E-state index contributed by atoms with van der Waals surface area (Å²) in [5.74, 6) is 0.220. The number of carbonyl (C=O) groups excluding carboxylic acids is 1. The zero-order valence-electron chi connectivity index (χ0n) is 8.48. The fourth-order valence-electron chi connectivity index (χ4n) is 1.35. The van der Waals surface area contributed by atoms with Crippen LogP contribution in [0.4, 0.5) is 5.69 Å². The van der Waals surface area contributed by atoms with E-state index in [2.05, 4.69) is 15.3 Å². The summed E-state index contributed by atoms with van der Waals surface area (Å²) in [6.07, 6.45) is 3.56. The zero-order chi connectivity index (χ0) is 11.4. The number of rotatable bonds is 3. The van der Waals surface area contributed by atoms with Crippen LogP contribution in [0.5, 0.6) is 0 Å². The minimum absolute atomic E-state index is 0.0989. The lowest BCUT2D eigenvalue weighted by molar-refractivity contribution is -0.115. The van der Waals surface area contributed by atoms with Crippen molar-refractivity contribution in [3.8, 4) is 0 Å². The van der Waals surface area contributed by atoms with E-state index in [1.54, 1.807) is 24.5 Å². The molecule has 0 fully saturated rings. The lowest BCUT2D eigenvalue weighted by Crippen LogP contribution is -2.11. The number of carbonyl (C=O) groups is 1. The molecule has 0 saturated heterocycles. The molecule has 2 aromatic rings. The molecule has 0 aliphatic carbocycles. The quantitative estimate of drug-likeness (QED) is 0.830. The smallest absolute Gasteiger partial charge is 0.225 e. The van der Waals surface area contributed by atoms with Crippen molar-refractivity contribution in [2.24, 2.45) is 0 Å². The van der Waals surface area contributed by atoms with Crippen LogP contribution in [-0.2, 0) is 4.79 Å². The predicted molar refractivity (Wildman–Crippen MR) is 63.5 cm³/mol. The fraction of sp³-hybridized carbons (Fsp3) is 0.182. The molecule has 1 heterocycles. The van der Waals surface area contributed by atoms with Crippen molar-refractivity contribution in [1.29, 1.82) is 0 Å². The van der Waals surface area contributed by atoms with Crippen molar-refractivity contribution in [1.82, 2.24) is 9.97 Å². The van der Waals surface area contributed by atoms with Crippen LogP contribution in [0, 0.1) is 0 Å². The van der Waals surface area contributed by atoms with Gasteiger partial charge in [0, 0.05) is 30.4 Å². The molecule has 4 nitrogen and oxygen atoms in total. The Hall–Kier alpha value is -1.68. The fourth-order valence-corrected chi connectivity index (χ4v) is 1.52. The van der Waals surface area contributed by atoms with Gasteiger partial charge >= 0.3 is 0 Å². The maximum atomic E-state index is 11.3. The second kappa shape index (κ2) is 4.90. The van der Waals surface area contributed by atoms with Crippen LogP contribution in [0.3, 0.4) is 0 Å². The van der Waals surface area contributed by atoms with Gasteiger partial charge in [0.15, 0.2) is 0 Å². The summed E-state index contributed by atoms with van der Waals surface area (Å²) in [7, 11) is 0. The first-order valence-electron chi connectivity index (χ1n) is 4.86. The van der Waals surface area contributed by atoms with Crippen LogP contribution in [0.2, 0.25) is 0 Å². The Morgan fingerprint density at radius 2 is 2.00 bits per heavy atom. The average molecular weight is 236 g/mol. The number of anilines is 1. The molecule has 1 amide bonds. The molecule has 0 unspecified atom stereocenters. The van der Waals surface area contributed by atoms with Crippen LogP contribution in [-0.4, -0.2) is 21.8 Å². The Morgan fingerprint density at radius 3 is 2.75 bits per heavy atom. The van der Waals surface area contributed by atoms with E-state index in [1.807, 2.05) is 6.07 Å². The van der Waals surface area contributed by atoms with Gasteiger partial charge in [0.1, 0.15) is 0 Å². The summed E-state index contributed by atoms with van der Waals surface area (Å²) in [5, 5.41) is 2.74. The predicted octanol–water partition coefficient (Wildman–Crippen LogP) is 2.20. The lowest BCUT2D eigenvalue weighted by atomic mass is 10.2. The Kier molecular flexibility index (Phi) is 3.31. The molecule has 1 aromatic heterocycles. The number of halogens is 1. The van der Waals surface area contributed by atoms with Gasteiger partial charge in [0.05, 0.1) is 11.0 Å². The van der Waals surface area contributed by atoms with E-state index in [1.165, 1.54) is 0 Å². The molecule has 5 heteroatoms. The maximum Gasteiger partial charge on any atom is 0.225 e. The zero-order valence-corrected chi connectivity index (χ0v) is 9.24. The standard InChI is InChI=1S/C11H10ClN3O/c12-4-3-11(16)15-8-1-2-9-10(7-8)14-6-5-13-9/h1-2,5-7H,3-4H2,(H,15,16). The minimum Gasteiger partial charge on any atom is -0.326 e. The van der Waals surface area contributed by atoms with Gasteiger partial charge in [-0.25, -0.2) is 0 Å². The van der Waals surface area contributed by atoms with Gasteiger partial charge in [-0.1, -0.05) is 0 Å². The van der Waals surface area contributed by atoms with Crippen LogP contribution < -0.4 is 5.32 Å². The van der Waals surface area contributed by atoms with Gasteiger partial charge in [-0.15, -0.1) is 11.6 Å². The molecule has 2 rings (SSSR count). The summed E-state index contributed by atoms with van der Waals surface area (Å²) >= 11 is 5.47. The van der Waals surface area contributed by atoms with Crippen molar-refractivity contribution in [2.45, 2.75) is 6.42 Å². The van der Waals surface area contributed by atoms with Gasteiger partial charge < -0.3 is 5.32 Å². The van der Waals surface area contributed by atoms with Crippen molar-refractivity contribution < 1.29 is 4.79 Å². The van der Waals surface area contributed by atoms with Gasteiger partial charge in [0.2, 0.25) is 5.91 Å². The molecular weight excluding hydrogens is 226 g/mol. The van der Waals surface area contributed by atoms with Crippen molar-refractivity contribution in [3.05, 3.63) is 30.6 Å². The minimum atomic E-state index is -0.0989. The molecule has 0 radical (unpaired) electrons. The first kappa shape index (κ1) is 10.8. The Labute approximate surface area is 97.7 Å². The van der Waals surface area contributed by atoms with E-state index >= 15 is 0 Å². The van der Waals surface area contributed by atoms with Crippen LogP contribution in [0.25, 0.3) is 11.0 Å². The molecule has 1 N–H and O–H groups in total. The number of aromatic nitrogens is 2. The summed E-state index contributed by atoms with van der Waals surface area (Å²) in [6.45, 7) is 0. The van der Waals surface area contributed by atoms with E-state index in [0.717, 1.165) is 11.0 Å². The first-order chi connectivity index (χ1) is 7.79. The van der Waals surface area contributed by atoms with Crippen LogP contribution in [0.1, 0.15) is 6.42 Å². The normalized spacial score (nSPS) is 10.3. The summed E-state index contributed by atoms with van der Waals surface area (Å²) in [4.78, 5) is 19.6. The van der Waals surface area contributed by atoms with Crippen molar-refractivity contribution in [2.75, 3.05) is 11.2 Å². The number of hydrogen-bond acceptors (Lipinski definition) is 3. The van der Waals surface area contributed by atoms with E-state index < -0.39 is 0 Å². The summed E-state index contributed by atoms with van der Waals surface area (Å²) < 4.78 is 0. The molecule has 82 valence electrons. The van der Waals surface area contributed by atoms with Gasteiger partial charge in [-0.05, 0) is 18.2 Å². The third-order valence-electron chi connectivity index (χ3n) is 2.07. The molecular formula is C11H10ClN3O. The molecule has 0 spiro atoms. The lowest BCUT2D eigenvalue weighted by Gasteiger charge is -2.04. The second-order valence-electron chi connectivity index (χ2n) is 3.25. The number of fused-ring (bicyclic) bond motifs is 1. The molecule has 0 aliphatic rings. The second-order valence-corrected chi connectivity index (χ2v) is 3.62. The third kappa shape index (κ3) is 2.46. The highest BCUT2D eigenvalue weighted by Gasteiger charge is 2.02. The van der Waals surface area contributed by atoms with Gasteiger partial charge in [-0.2, -0.15) is 0 Å². The third-order valence-corrected chi connectivity index (χ3v) is 2.26. The molecule has 0 atom stereocenters. The van der Waals surface area contributed by atoms with Gasteiger partial charge in [-0.3, -0.25) is 14.8 Å². The average Bonchev–Trinajstić information content (AvgIpc) is 2.29. The number of nitrogens with zero attached hydrogens (tertiary/aromatic N) is 2. The number of alkyl halides is 1. The van der Waals surface area contributed by atoms with E-state index in [4.69, 9.17) is 11.6 Å². The van der Waals surface area contributed by atoms with E-state index in [-0.39, 0.29) is 5.91 Å². The Bertz CT molecular complexity index is 515. The maximum absolute atomic E-state index is 11.3. The highest BCUT2D eigenvalue weighted by molar-refractivity contribution is 6.19. The van der Waals surface area contributed by atoms with Crippen molar-refractivity contribution in [3.63, 3.8) is 0 Å². The van der Waals surface area contributed by atoms with Crippen LogP contribution in [0.15, 0.2) is 30.6 Å². The van der Waals surface area contributed by atoms with E-state index in [9.17, 15) is 4.79 Å². The Balaban J connectivity index is 2.22. The topological polar surface area (TPSA) is 54.9 Å². The number of hydrogen-bond donors (Lipinski definition) is 1.